The monoisotopic (exact) mass is 385 g/mol. The first-order valence-electron chi connectivity index (χ1n) is 9.09. The summed E-state index contributed by atoms with van der Waals surface area (Å²) < 4.78 is 43.4. The predicted molar refractivity (Wildman–Crippen MR) is 102 cm³/mol. The molecule has 2 rings (SSSR count). The van der Waals surface area contributed by atoms with Crippen LogP contribution in [0.1, 0.15) is 51.6 Å². The lowest BCUT2D eigenvalue weighted by molar-refractivity contribution is 0.0455. The number of methoxy groups -OCH3 is 1. The first-order valence-corrected chi connectivity index (χ1v) is 10.9. The first-order chi connectivity index (χ1) is 12.2. The van der Waals surface area contributed by atoms with Gasteiger partial charge in [-0.2, -0.15) is 4.31 Å². The molecule has 0 bridgehead atoms. The molecule has 0 N–H and O–H groups in total. The second kappa shape index (κ2) is 8.59. The molecule has 1 atom stereocenters. The van der Waals surface area contributed by atoms with E-state index in [9.17, 15) is 8.42 Å². The molecule has 1 unspecified atom stereocenters. The minimum absolute atomic E-state index is 0.302. The number of fused-ring (bicyclic) bond motifs is 1. The Balaban J connectivity index is 2.40. The summed E-state index contributed by atoms with van der Waals surface area (Å²) in [6.45, 7) is 7.35. The molecule has 6 nitrogen and oxygen atoms in total. The summed E-state index contributed by atoms with van der Waals surface area (Å²) >= 11 is 0. The van der Waals surface area contributed by atoms with Crippen molar-refractivity contribution in [2.45, 2.75) is 51.7 Å². The van der Waals surface area contributed by atoms with Gasteiger partial charge < -0.3 is 14.2 Å². The predicted octanol–water partition coefficient (Wildman–Crippen LogP) is 3.38. The van der Waals surface area contributed by atoms with Gasteiger partial charge in [0.1, 0.15) is 17.1 Å². The Hall–Kier alpha value is -1.31. The molecule has 0 saturated heterocycles. The van der Waals surface area contributed by atoms with Gasteiger partial charge in [-0.3, -0.25) is 0 Å². The van der Waals surface area contributed by atoms with Crippen molar-refractivity contribution >= 4 is 10.0 Å². The maximum absolute atomic E-state index is 12.5. The number of nitrogens with zero attached hydrogens (tertiary/aromatic N) is 1. The molecule has 0 saturated carbocycles. The van der Waals surface area contributed by atoms with Gasteiger partial charge in [-0.25, -0.2) is 8.42 Å². The van der Waals surface area contributed by atoms with E-state index in [1.165, 1.54) is 10.6 Å². The molecule has 1 aliphatic rings. The SMILES string of the molecule is CCCCOc1ccc2c(c1)C(N(CCOC)S(C)(=O)=O)CC(C)(C)O2. The Bertz CT molecular complexity index is 702. The van der Waals surface area contributed by atoms with Crippen LogP contribution in [0.2, 0.25) is 0 Å². The molecule has 148 valence electrons. The van der Waals surface area contributed by atoms with Crippen LogP contribution in [0.5, 0.6) is 11.5 Å². The number of rotatable bonds is 9. The van der Waals surface area contributed by atoms with Crippen molar-refractivity contribution in [1.82, 2.24) is 4.31 Å². The molecule has 0 aliphatic carbocycles. The van der Waals surface area contributed by atoms with Gasteiger partial charge >= 0.3 is 0 Å². The lowest BCUT2D eigenvalue weighted by atomic mass is 9.89. The second-order valence-corrected chi connectivity index (χ2v) is 9.28. The van der Waals surface area contributed by atoms with Gasteiger partial charge in [-0.15, -0.1) is 0 Å². The Labute approximate surface area is 157 Å². The normalized spacial score (nSPS) is 19.1. The Morgan fingerprint density at radius 1 is 1.31 bits per heavy atom. The largest absolute Gasteiger partial charge is 0.494 e. The number of ether oxygens (including phenoxy) is 3. The van der Waals surface area contributed by atoms with E-state index in [-0.39, 0.29) is 6.04 Å². The van der Waals surface area contributed by atoms with Gasteiger partial charge in [0, 0.05) is 25.6 Å². The Morgan fingerprint density at radius 3 is 2.65 bits per heavy atom. The standard InChI is InChI=1S/C19H31NO5S/c1-6-7-11-24-15-8-9-18-16(13-15)17(14-19(2,3)25-18)20(10-12-23-4)26(5,21)22/h8-9,13,17H,6-7,10-12,14H2,1-5H3. The molecular formula is C19H31NO5S. The van der Waals surface area contributed by atoms with Crippen molar-refractivity contribution < 1.29 is 22.6 Å². The summed E-state index contributed by atoms with van der Waals surface area (Å²) in [7, 11) is -1.84. The van der Waals surface area contributed by atoms with E-state index in [1.807, 2.05) is 32.0 Å². The molecule has 0 fully saturated rings. The van der Waals surface area contributed by atoms with Gasteiger partial charge in [0.05, 0.1) is 25.5 Å². The third-order valence-electron chi connectivity index (χ3n) is 4.47. The van der Waals surface area contributed by atoms with Gasteiger partial charge in [0.2, 0.25) is 10.0 Å². The van der Waals surface area contributed by atoms with E-state index >= 15 is 0 Å². The summed E-state index contributed by atoms with van der Waals surface area (Å²) in [5, 5.41) is 0. The molecule has 1 aromatic carbocycles. The summed E-state index contributed by atoms with van der Waals surface area (Å²) in [6.07, 6.45) is 3.85. The van der Waals surface area contributed by atoms with Crippen LogP contribution in [0, 0.1) is 0 Å². The van der Waals surface area contributed by atoms with Gasteiger partial charge in [0.25, 0.3) is 0 Å². The Kier molecular flexibility index (Phi) is 6.93. The van der Waals surface area contributed by atoms with Crippen molar-refractivity contribution in [3.8, 4) is 11.5 Å². The quantitative estimate of drug-likeness (QED) is 0.610. The summed E-state index contributed by atoms with van der Waals surface area (Å²) in [5.41, 5.74) is 0.387. The van der Waals surface area contributed by atoms with Crippen molar-refractivity contribution in [2.24, 2.45) is 0 Å². The molecule has 1 heterocycles. The van der Waals surface area contributed by atoms with Crippen LogP contribution in [0.3, 0.4) is 0 Å². The van der Waals surface area contributed by atoms with Crippen LogP contribution in [0.4, 0.5) is 0 Å². The minimum Gasteiger partial charge on any atom is -0.494 e. The van der Waals surface area contributed by atoms with E-state index in [0.717, 1.165) is 24.2 Å². The molecule has 0 amide bonds. The number of hydrogen-bond donors (Lipinski definition) is 0. The average molecular weight is 386 g/mol. The highest BCUT2D eigenvalue weighted by molar-refractivity contribution is 7.88. The fourth-order valence-corrected chi connectivity index (χ4v) is 4.27. The fraction of sp³-hybridized carbons (Fsp3) is 0.684. The Morgan fingerprint density at radius 2 is 2.04 bits per heavy atom. The molecule has 1 aliphatic heterocycles. The molecule has 26 heavy (non-hydrogen) atoms. The van der Waals surface area contributed by atoms with Crippen LogP contribution in [-0.2, 0) is 14.8 Å². The van der Waals surface area contributed by atoms with E-state index < -0.39 is 15.6 Å². The highest BCUT2D eigenvalue weighted by atomic mass is 32.2. The number of unbranched alkanes of at least 4 members (excludes halogenated alkanes) is 1. The highest BCUT2D eigenvalue weighted by Crippen LogP contribution is 2.44. The lowest BCUT2D eigenvalue weighted by Gasteiger charge is -2.41. The zero-order valence-electron chi connectivity index (χ0n) is 16.4. The van der Waals surface area contributed by atoms with Crippen LogP contribution in [-0.4, -0.2) is 51.4 Å². The third-order valence-corrected chi connectivity index (χ3v) is 5.76. The minimum atomic E-state index is -3.41. The number of benzene rings is 1. The summed E-state index contributed by atoms with van der Waals surface area (Å²) in [6, 6.07) is 5.36. The molecule has 0 spiro atoms. The summed E-state index contributed by atoms with van der Waals surface area (Å²) in [5.74, 6) is 1.45. The molecule has 0 aromatic heterocycles. The van der Waals surface area contributed by atoms with Gasteiger partial charge in [-0.1, -0.05) is 13.3 Å². The topological polar surface area (TPSA) is 65.1 Å². The second-order valence-electron chi connectivity index (χ2n) is 7.35. The van der Waals surface area contributed by atoms with Crippen LogP contribution in [0.25, 0.3) is 0 Å². The van der Waals surface area contributed by atoms with Crippen molar-refractivity contribution in [3.63, 3.8) is 0 Å². The van der Waals surface area contributed by atoms with Crippen molar-refractivity contribution in [1.29, 1.82) is 0 Å². The maximum Gasteiger partial charge on any atom is 0.211 e. The van der Waals surface area contributed by atoms with Gasteiger partial charge in [0.15, 0.2) is 0 Å². The maximum atomic E-state index is 12.5. The molecule has 0 radical (unpaired) electrons. The summed E-state index contributed by atoms with van der Waals surface area (Å²) in [4.78, 5) is 0. The van der Waals surface area contributed by atoms with E-state index in [4.69, 9.17) is 14.2 Å². The highest BCUT2D eigenvalue weighted by Gasteiger charge is 2.40. The average Bonchev–Trinajstić information content (AvgIpc) is 2.53. The lowest BCUT2D eigenvalue weighted by Crippen LogP contribution is -2.44. The zero-order chi connectivity index (χ0) is 19.4. The van der Waals surface area contributed by atoms with Crippen LogP contribution in [0.15, 0.2) is 18.2 Å². The van der Waals surface area contributed by atoms with Crippen LogP contribution >= 0.6 is 0 Å². The third kappa shape index (κ3) is 5.34. The molecule has 7 heteroatoms. The number of sulfonamides is 1. The first kappa shape index (κ1) is 21.0. The van der Waals surface area contributed by atoms with E-state index in [0.29, 0.717) is 31.9 Å². The van der Waals surface area contributed by atoms with E-state index in [2.05, 4.69) is 6.92 Å². The number of hydrogen-bond acceptors (Lipinski definition) is 5. The van der Waals surface area contributed by atoms with Crippen LogP contribution < -0.4 is 9.47 Å². The van der Waals surface area contributed by atoms with E-state index in [1.54, 1.807) is 7.11 Å². The molecule has 1 aromatic rings. The van der Waals surface area contributed by atoms with Crippen molar-refractivity contribution in [2.75, 3.05) is 33.1 Å². The van der Waals surface area contributed by atoms with Crippen molar-refractivity contribution in [3.05, 3.63) is 23.8 Å². The molecular weight excluding hydrogens is 354 g/mol. The zero-order valence-corrected chi connectivity index (χ0v) is 17.3. The smallest absolute Gasteiger partial charge is 0.211 e. The van der Waals surface area contributed by atoms with Gasteiger partial charge in [-0.05, 0) is 38.5 Å². The fourth-order valence-electron chi connectivity index (χ4n) is 3.21.